The summed E-state index contributed by atoms with van der Waals surface area (Å²) in [6, 6.07) is 13.4. The summed E-state index contributed by atoms with van der Waals surface area (Å²) in [5.41, 5.74) is 1.72. The summed E-state index contributed by atoms with van der Waals surface area (Å²) < 4.78 is 18.8. The number of allylic oxidation sites excluding steroid dienone is 4. The van der Waals surface area contributed by atoms with Gasteiger partial charge in [-0.3, -0.25) is 4.79 Å². The molecule has 0 aromatic heterocycles. The smallest absolute Gasteiger partial charge is 0.274 e. The van der Waals surface area contributed by atoms with Gasteiger partial charge < -0.3 is 15.3 Å². The van der Waals surface area contributed by atoms with E-state index in [1.54, 1.807) is 54.6 Å². The summed E-state index contributed by atoms with van der Waals surface area (Å²) in [5.74, 6) is -0.207. The highest BCUT2D eigenvalue weighted by Crippen LogP contribution is 2.15. The Morgan fingerprint density at radius 1 is 1.21 bits per heavy atom. The van der Waals surface area contributed by atoms with Crippen LogP contribution in [0.3, 0.4) is 0 Å². The molecule has 0 bridgehead atoms. The van der Waals surface area contributed by atoms with Gasteiger partial charge in [0.15, 0.2) is 5.71 Å². The van der Waals surface area contributed by atoms with Crippen LogP contribution in [0, 0.1) is 5.82 Å². The van der Waals surface area contributed by atoms with Crippen LogP contribution in [0.15, 0.2) is 90.1 Å². The zero-order valence-electron chi connectivity index (χ0n) is 16.1. The van der Waals surface area contributed by atoms with Crippen LogP contribution >= 0.6 is 0 Å². The van der Waals surface area contributed by atoms with Crippen LogP contribution < -0.4 is 10.1 Å². The van der Waals surface area contributed by atoms with Crippen LogP contribution in [0.5, 0.6) is 5.75 Å². The molecule has 29 heavy (non-hydrogen) atoms. The van der Waals surface area contributed by atoms with Gasteiger partial charge in [-0.2, -0.15) is 0 Å². The number of ether oxygens (including phenoxy) is 1. The van der Waals surface area contributed by atoms with Gasteiger partial charge in [0.2, 0.25) is 0 Å². The maximum absolute atomic E-state index is 13.2. The third kappa shape index (κ3) is 7.10. The van der Waals surface area contributed by atoms with E-state index in [9.17, 15) is 9.18 Å². The molecule has 1 amide bonds. The molecule has 6 heteroatoms. The molecule has 0 radical (unpaired) electrons. The number of amides is 1. The highest BCUT2D eigenvalue weighted by molar-refractivity contribution is 6.45. The van der Waals surface area contributed by atoms with E-state index in [0.717, 1.165) is 11.1 Å². The van der Waals surface area contributed by atoms with Crippen LogP contribution in [0.4, 0.5) is 4.39 Å². The minimum Gasteiger partial charge on any atom is -0.489 e. The van der Waals surface area contributed by atoms with Crippen molar-refractivity contribution < 1.29 is 19.1 Å². The van der Waals surface area contributed by atoms with E-state index in [1.807, 2.05) is 13.0 Å². The maximum Gasteiger partial charge on any atom is 0.274 e. The first-order chi connectivity index (χ1) is 14.0. The lowest BCUT2D eigenvalue weighted by atomic mass is 10.1. The molecular formula is C23H23FN2O3. The third-order valence-corrected chi connectivity index (χ3v) is 3.89. The van der Waals surface area contributed by atoms with E-state index < -0.39 is 5.91 Å². The fourth-order valence-electron chi connectivity index (χ4n) is 2.38. The van der Waals surface area contributed by atoms with Gasteiger partial charge in [0, 0.05) is 12.1 Å². The molecular weight excluding hydrogens is 371 g/mol. The predicted molar refractivity (Wildman–Crippen MR) is 111 cm³/mol. The fraction of sp³-hybridized carbons (Fsp3) is 0.130. The number of hydrogen-bond donors (Lipinski definition) is 2. The summed E-state index contributed by atoms with van der Waals surface area (Å²) in [4.78, 5) is 12.2. The van der Waals surface area contributed by atoms with E-state index in [-0.39, 0.29) is 24.7 Å². The van der Waals surface area contributed by atoms with E-state index in [4.69, 9.17) is 9.94 Å². The highest BCUT2D eigenvalue weighted by atomic mass is 19.1. The Kier molecular flexibility index (Phi) is 8.38. The average Bonchev–Trinajstić information content (AvgIpc) is 2.72. The summed E-state index contributed by atoms with van der Waals surface area (Å²) >= 11 is 0. The van der Waals surface area contributed by atoms with Gasteiger partial charge in [-0.15, -0.1) is 0 Å². The standard InChI is InChI=1S/C23H23FN2O3/c1-3-4-5-7-17(2)22(26-28)23(27)25-15-18-10-12-21(13-11-18)29-16-19-8-6-9-20(24)14-19/h3-14,28H,2,15-16H2,1H3,(H,25,27)/b4-3-,7-5-,26-22+. The Morgan fingerprint density at radius 2 is 1.97 bits per heavy atom. The molecule has 2 N–H and O–H groups in total. The van der Waals surface area contributed by atoms with Gasteiger partial charge in [0.05, 0.1) is 0 Å². The molecule has 0 unspecified atom stereocenters. The van der Waals surface area contributed by atoms with Gasteiger partial charge in [0.25, 0.3) is 5.91 Å². The van der Waals surface area contributed by atoms with Gasteiger partial charge in [-0.1, -0.05) is 60.3 Å². The van der Waals surface area contributed by atoms with Crippen LogP contribution in [0.2, 0.25) is 0 Å². The van der Waals surface area contributed by atoms with Crippen molar-refractivity contribution in [3.05, 3.63) is 102 Å². The third-order valence-electron chi connectivity index (χ3n) is 3.89. The fourth-order valence-corrected chi connectivity index (χ4v) is 2.38. The largest absolute Gasteiger partial charge is 0.489 e. The monoisotopic (exact) mass is 394 g/mol. The van der Waals surface area contributed by atoms with Crippen LogP contribution in [-0.4, -0.2) is 16.8 Å². The summed E-state index contributed by atoms with van der Waals surface area (Å²) in [7, 11) is 0. The van der Waals surface area contributed by atoms with Crippen molar-refractivity contribution in [3.63, 3.8) is 0 Å². The van der Waals surface area contributed by atoms with E-state index in [2.05, 4.69) is 17.1 Å². The summed E-state index contributed by atoms with van der Waals surface area (Å²) in [5, 5.41) is 14.8. The second-order valence-electron chi connectivity index (χ2n) is 6.10. The zero-order chi connectivity index (χ0) is 21.1. The first-order valence-corrected chi connectivity index (χ1v) is 8.98. The lowest BCUT2D eigenvalue weighted by Gasteiger charge is -2.09. The zero-order valence-corrected chi connectivity index (χ0v) is 16.1. The SMILES string of the molecule is C=C(/C=C\C=C/C)/C(=N\O)C(=O)NCc1ccc(OCc2cccc(F)c2)cc1. The molecule has 2 rings (SSSR count). The minimum atomic E-state index is -0.533. The van der Waals surface area contributed by atoms with E-state index >= 15 is 0 Å². The Labute approximate surface area is 169 Å². The molecule has 150 valence electrons. The molecule has 0 atom stereocenters. The average molecular weight is 394 g/mol. The molecule has 0 heterocycles. The number of rotatable bonds is 9. The van der Waals surface area contributed by atoms with E-state index in [0.29, 0.717) is 11.3 Å². The van der Waals surface area contributed by atoms with Crippen LogP contribution in [0.25, 0.3) is 0 Å². The number of carbonyl (C=O) groups excluding carboxylic acids is 1. The normalized spacial score (nSPS) is 11.7. The quantitative estimate of drug-likeness (QED) is 0.284. The number of benzene rings is 2. The van der Waals surface area contributed by atoms with Crippen molar-refractivity contribution in [1.29, 1.82) is 0 Å². The van der Waals surface area contributed by atoms with E-state index in [1.165, 1.54) is 12.1 Å². The lowest BCUT2D eigenvalue weighted by molar-refractivity contribution is -0.115. The molecule has 5 nitrogen and oxygen atoms in total. The first-order valence-electron chi connectivity index (χ1n) is 8.98. The first kappa shape index (κ1) is 21.6. The highest BCUT2D eigenvalue weighted by Gasteiger charge is 2.13. The molecule has 2 aromatic rings. The van der Waals surface area contributed by atoms with Crippen molar-refractivity contribution in [2.75, 3.05) is 0 Å². The number of nitrogens with one attached hydrogen (secondary N) is 1. The van der Waals surface area contributed by atoms with Gasteiger partial charge in [0.1, 0.15) is 18.2 Å². The number of halogens is 1. The molecule has 0 saturated carbocycles. The maximum atomic E-state index is 13.2. The van der Waals surface area contributed by atoms with Crippen LogP contribution in [-0.2, 0) is 17.9 Å². The molecule has 0 saturated heterocycles. The van der Waals surface area contributed by atoms with Gasteiger partial charge >= 0.3 is 0 Å². The van der Waals surface area contributed by atoms with Crippen molar-refractivity contribution in [3.8, 4) is 5.75 Å². The second-order valence-corrected chi connectivity index (χ2v) is 6.10. The predicted octanol–water partition coefficient (Wildman–Crippen LogP) is 4.54. The minimum absolute atomic E-state index is 0.152. The van der Waals surface area contributed by atoms with Gasteiger partial charge in [-0.05, 0) is 42.3 Å². The number of hydrogen-bond acceptors (Lipinski definition) is 4. The molecule has 0 fully saturated rings. The second kappa shape index (κ2) is 11.2. The topological polar surface area (TPSA) is 70.9 Å². The Hall–Kier alpha value is -3.67. The number of nitrogens with zero attached hydrogens (tertiary/aromatic N) is 1. The summed E-state index contributed by atoms with van der Waals surface area (Å²) in [6.07, 6.45) is 6.88. The number of oxime groups is 1. The number of carbonyl (C=O) groups is 1. The molecule has 0 aliphatic rings. The van der Waals surface area contributed by atoms with Crippen molar-refractivity contribution in [2.45, 2.75) is 20.1 Å². The van der Waals surface area contributed by atoms with Crippen molar-refractivity contribution in [1.82, 2.24) is 5.32 Å². The summed E-state index contributed by atoms with van der Waals surface area (Å²) in [6.45, 7) is 6.08. The molecule has 0 aliphatic heterocycles. The van der Waals surface area contributed by atoms with Crippen LogP contribution in [0.1, 0.15) is 18.1 Å². The molecule has 0 spiro atoms. The molecule has 0 aliphatic carbocycles. The Balaban J connectivity index is 1.87. The van der Waals surface area contributed by atoms with Gasteiger partial charge in [-0.25, -0.2) is 4.39 Å². The molecule has 2 aromatic carbocycles. The Morgan fingerprint density at radius 3 is 2.62 bits per heavy atom. The lowest BCUT2D eigenvalue weighted by Crippen LogP contribution is -2.31. The Bertz CT molecular complexity index is 931. The van der Waals surface area contributed by atoms with Crippen molar-refractivity contribution >= 4 is 11.6 Å². The van der Waals surface area contributed by atoms with Crippen molar-refractivity contribution in [2.24, 2.45) is 5.16 Å².